The minimum absolute atomic E-state index is 0.00857. The Labute approximate surface area is 125 Å². The lowest BCUT2D eigenvalue weighted by Gasteiger charge is -2.17. The summed E-state index contributed by atoms with van der Waals surface area (Å²) in [7, 11) is 4.18. The Kier molecular flexibility index (Phi) is 5.46. The summed E-state index contributed by atoms with van der Waals surface area (Å²) in [5.41, 5.74) is 2.17. The number of fused-ring (bicyclic) bond motifs is 1. The van der Waals surface area contributed by atoms with Gasteiger partial charge in [-0.15, -0.1) is 0 Å². The lowest BCUT2D eigenvalue weighted by atomic mass is 10.3. The zero-order valence-electron chi connectivity index (χ0n) is 12.7. The third-order valence-corrected chi connectivity index (χ3v) is 4.04. The number of benzene rings is 1. The van der Waals surface area contributed by atoms with Crippen LogP contribution in [0.4, 0.5) is 0 Å². The summed E-state index contributed by atoms with van der Waals surface area (Å²) in [6.07, 6.45) is 0.00857. The second-order valence-corrected chi connectivity index (χ2v) is 6.02. The zero-order chi connectivity index (χ0) is 14.5. The summed E-state index contributed by atoms with van der Waals surface area (Å²) in [4.78, 5) is 6.93. The lowest BCUT2D eigenvalue weighted by Crippen LogP contribution is -2.16. The predicted molar refractivity (Wildman–Crippen MR) is 85.3 cm³/mol. The Morgan fingerprint density at radius 3 is 2.80 bits per heavy atom. The second-order valence-electron chi connectivity index (χ2n) is 4.96. The molecule has 5 heteroatoms. The van der Waals surface area contributed by atoms with Gasteiger partial charge in [-0.1, -0.05) is 23.9 Å². The molecule has 0 N–H and O–H groups in total. The molecule has 0 aliphatic heterocycles. The molecule has 0 aliphatic carbocycles. The third-order valence-electron chi connectivity index (χ3n) is 3.10. The molecular formula is C15H23N3OS. The van der Waals surface area contributed by atoms with E-state index >= 15 is 0 Å². The third kappa shape index (κ3) is 3.53. The van der Waals surface area contributed by atoms with Gasteiger partial charge in [0.1, 0.15) is 6.23 Å². The van der Waals surface area contributed by atoms with Crippen LogP contribution in [0.2, 0.25) is 0 Å². The van der Waals surface area contributed by atoms with Crippen LogP contribution in [-0.2, 0) is 4.74 Å². The minimum atomic E-state index is 0.00857. The van der Waals surface area contributed by atoms with E-state index in [9.17, 15) is 0 Å². The zero-order valence-corrected chi connectivity index (χ0v) is 13.5. The van der Waals surface area contributed by atoms with Gasteiger partial charge in [0.15, 0.2) is 5.16 Å². The molecule has 1 heterocycles. The molecule has 0 spiro atoms. The Hall–Kier alpha value is -1.04. The first-order chi connectivity index (χ1) is 9.63. The highest BCUT2D eigenvalue weighted by molar-refractivity contribution is 7.99. The molecule has 0 fully saturated rings. The van der Waals surface area contributed by atoms with Gasteiger partial charge in [0, 0.05) is 18.9 Å². The fourth-order valence-electron chi connectivity index (χ4n) is 2.11. The summed E-state index contributed by atoms with van der Waals surface area (Å²) in [5.74, 6) is 1.02. The van der Waals surface area contributed by atoms with Crippen molar-refractivity contribution in [1.82, 2.24) is 14.5 Å². The van der Waals surface area contributed by atoms with Gasteiger partial charge >= 0.3 is 0 Å². The van der Waals surface area contributed by atoms with Crippen LogP contribution >= 0.6 is 11.8 Å². The predicted octanol–water partition coefficient (Wildman–Crippen LogP) is 3.25. The van der Waals surface area contributed by atoms with E-state index in [4.69, 9.17) is 9.72 Å². The number of hydrogen-bond donors (Lipinski definition) is 0. The van der Waals surface area contributed by atoms with Crippen molar-refractivity contribution in [3.8, 4) is 0 Å². The van der Waals surface area contributed by atoms with Gasteiger partial charge in [-0.25, -0.2) is 4.98 Å². The standard InChI is InChI=1S/C15H23N3OS/c1-5-19-12(2)18-14-9-7-6-8-13(14)16-15(18)20-11-10-17(3)4/h6-9,12H,5,10-11H2,1-4H3. The molecular weight excluding hydrogens is 270 g/mol. The van der Waals surface area contributed by atoms with Gasteiger partial charge in [-0.3, -0.25) is 4.57 Å². The Morgan fingerprint density at radius 1 is 1.35 bits per heavy atom. The van der Waals surface area contributed by atoms with Crippen LogP contribution in [0.3, 0.4) is 0 Å². The number of para-hydroxylation sites is 2. The van der Waals surface area contributed by atoms with E-state index < -0.39 is 0 Å². The lowest BCUT2D eigenvalue weighted by molar-refractivity contribution is 0.0219. The van der Waals surface area contributed by atoms with E-state index in [1.54, 1.807) is 11.8 Å². The molecule has 0 saturated heterocycles. The van der Waals surface area contributed by atoms with E-state index in [1.165, 1.54) is 0 Å². The molecule has 0 aliphatic rings. The van der Waals surface area contributed by atoms with Crippen LogP contribution in [0.1, 0.15) is 20.1 Å². The monoisotopic (exact) mass is 293 g/mol. The summed E-state index contributed by atoms with van der Waals surface area (Å²) in [5, 5.41) is 1.04. The molecule has 1 aromatic heterocycles. The number of nitrogens with zero attached hydrogens (tertiary/aromatic N) is 3. The van der Waals surface area contributed by atoms with Gasteiger partial charge in [0.2, 0.25) is 0 Å². The van der Waals surface area contributed by atoms with E-state index in [-0.39, 0.29) is 6.23 Å². The molecule has 0 saturated carbocycles. The first-order valence-electron chi connectivity index (χ1n) is 6.99. The van der Waals surface area contributed by atoms with Crippen LogP contribution in [0.5, 0.6) is 0 Å². The highest BCUT2D eigenvalue weighted by atomic mass is 32.2. The number of hydrogen-bond acceptors (Lipinski definition) is 4. The molecule has 1 atom stereocenters. The minimum Gasteiger partial charge on any atom is -0.359 e. The van der Waals surface area contributed by atoms with Crippen molar-refractivity contribution in [1.29, 1.82) is 0 Å². The van der Waals surface area contributed by atoms with Crippen molar-refractivity contribution >= 4 is 22.8 Å². The summed E-state index contributed by atoms with van der Waals surface area (Å²) >= 11 is 1.79. The number of aromatic nitrogens is 2. The van der Waals surface area contributed by atoms with Crippen molar-refractivity contribution in [3.05, 3.63) is 24.3 Å². The quantitative estimate of drug-likeness (QED) is 0.733. The molecule has 0 bridgehead atoms. The maximum Gasteiger partial charge on any atom is 0.171 e. The van der Waals surface area contributed by atoms with Crippen LogP contribution in [0, 0.1) is 0 Å². The Balaban J connectivity index is 2.29. The number of ether oxygens (including phenoxy) is 1. The highest BCUT2D eigenvalue weighted by Crippen LogP contribution is 2.28. The van der Waals surface area contributed by atoms with Crippen LogP contribution in [0.25, 0.3) is 11.0 Å². The van der Waals surface area contributed by atoms with Crippen molar-refractivity contribution in [2.24, 2.45) is 0 Å². The van der Waals surface area contributed by atoms with E-state index in [0.29, 0.717) is 6.61 Å². The maximum absolute atomic E-state index is 5.76. The second kappa shape index (κ2) is 7.11. The van der Waals surface area contributed by atoms with Gasteiger partial charge in [-0.2, -0.15) is 0 Å². The van der Waals surface area contributed by atoms with E-state index in [2.05, 4.69) is 42.6 Å². The van der Waals surface area contributed by atoms with Crippen molar-refractivity contribution in [2.75, 3.05) is 33.0 Å². The van der Waals surface area contributed by atoms with Crippen LogP contribution in [-0.4, -0.2) is 47.5 Å². The maximum atomic E-state index is 5.76. The highest BCUT2D eigenvalue weighted by Gasteiger charge is 2.15. The van der Waals surface area contributed by atoms with Gasteiger partial charge in [0.05, 0.1) is 11.0 Å². The SMILES string of the molecule is CCOC(C)n1c(SCCN(C)C)nc2ccccc21. The first-order valence-corrected chi connectivity index (χ1v) is 7.98. The molecule has 1 unspecified atom stereocenters. The number of thioether (sulfide) groups is 1. The summed E-state index contributed by atoms with van der Waals surface area (Å²) in [6.45, 7) is 5.84. The molecule has 4 nitrogen and oxygen atoms in total. The average molecular weight is 293 g/mol. The van der Waals surface area contributed by atoms with Gasteiger partial charge in [0.25, 0.3) is 0 Å². The summed E-state index contributed by atoms with van der Waals surface area (Å²) in [6, 6.07) is 8.24. The van der Waals surface area contributed by atoms with Crippen LogP contribution in [0.15, 0.2) is 29.4 Å². The largest absolute Gasteiger partial charge is 0.359 e. The fourth-order valence-corrected chi connectivity index (χ4v) is 3.30. The normalized spacial score (nSPS) is 13.2. The average Bonchev–Trinajstić information content (AvgIpc) is 2.76. The number of rotatable bonds is 7. The molecule has 110 valence electrons. The van der Waals surface area contributed by atoms with Crippen molar-refractivity contribution < 1.29 is 4.74 Å². The molecule has 0 amide bonds. The number of imidazole rings is 1. The fraction of sp³-hybridized carbons (Fsp3) is 0.533. The van der Waals surface area contributed by atoms with Crippen molar-refractivity contribution in [3.63, 3.8) is 0 Å². The molecule has 20 heavy (non-hydrogen) atoms. The Morgan fingerprint density at radius 2 is 2.10 bits per heavy atom. The Bertz CT molecular complexity index is 553. The summed E-state index contributed by atoms with van der Waals surface area (Å²) < 4.78 is 7.96. The van der Waals surface area contributed by atoms with E-state index in [1.807, 2.05) is 19.1 Å². The van der Waals surface area contributed by atoms with Gasteiger partial charge in [-0.05, 0) is 40.1 Å². The molecule has 0 radical (unpaired) electrons. The smallest absolute Gasteiger partial charge is 0.171 e. The topological polar surface area (TPSA) is 30.3 Å². The molecule has 1 aromatic carbocycles. The van der Waals surface area contributed by atoms with Gasteiger partial charge < -0.3 is 9.64 Å². The molecule has 2 aromatic rings. The van der Waals surface area contributed by atoms with Crippen LogP contribution < -0.4 is 0 Å². The van der Waals surface area contributed by atoms with E-state index in [0.717, 1.165) is 28.5 Å². The molecule has 2 rings (SSSR count). The van der Waals surface area contributed by atoms with Crippen molar-refractivity contribution in [2.45, 2.75) is 25.2 Å². The first kappa shape index (κ1) is 15.4.